The first-order valence-corrected chi connectivity index (χ1v) is 17.9. The largest absolute Gasteiger partial charge is 0.489 e. The highest BCUT2D eigenvalue weighted by Gasteiger charge is 2.27. The molecule has 0 spiro atoms. The van der Waals surface area contributed by atoms with Gasteiger partial charge in [-0.25, -0.2) is 4.98 Å². The molecule has 252 valence electrons. The number of hydrogen-bond acceptors (Lipinski definition) is 9. The molecule has 2 heterocycles. The maximum absolute atomic E-state index is 13.3. The molecule has 0 bridgehead atoms. The van der Waals surface area contributed by atoms with Crippen LogP contribution in [0, 0.1) is 0 Å². The number of carbonyl (C=O) groups is 1. The zero-order chi connectivity index (χ0) is 33.7. The fraction of sp³-hybridized carbons (Fsp3) is 0.457. The van der Waals surface area contributed by atoms with Crippen LogP contribution in [0.5, 0.6) is 5.75 Å². The van der Waals surface area contributed by atoms with Gasteiger partial charge < -0.3 is 25.6 Å². The molecule has 47 heavy (non-hydrogen) atoms. The maximum Gasteiger partial charge on any atom is 0.251 e. The Hall–Kier alpha value is -3.51. The van der Waals surface area contributed by atoms with E-state index in [2.05, 4.69) is 48.8 Å². The number of amides is 1. The number of aromatic nitrogens is 2. The Morgan fingerprint density at radius 2 is 1.81 bits per heavy atom. The lowest BCUT2D eigenvalue weighted by molar-refractivity contribution is 0.0962. The monoisotopic (exact) mass is 679 g/mol. The van der Waals surface area contributed by atoms with E-state index in [4.69, 9.17) is 16.3 Å². The SMILES string of the molecule is CNC(=O)c1cc(Nc2ncc(Cl)c(Nc3ccccc3S(=O)C(C)C)n2)c(OC(C)C)cc1C1=CCC(N2CCN(C)CC2)CC1. The number of anilines is 4. The number of allylic oxidation sites excluding steroid dienone is 1. The van der Waals surface area contributed by atoms with E-state index in [1.807, 2.05) is 64.1 Å². The number of nitrogens with one attached hydrogen (secondary N) is 3. The summed E-state index contributed by atoms with van der Waals surface area (Å²) in [4.78, 5) is 28.0. The smallest absolute Gasteiger partial charge is 0.251 e. The van der Waals surface area contributed by atoms with Crippen LogP contribution in [0.3, 0.4) is 0 Å². The van der Waals surface area contributed by atoms with Gasteiger partial charge in [-0.2, -0.15) is 4.98 Å². The molecular formula is C35H46ClN7O3S. The van der Waals surface area contributed by atoms with Crippen LogP contribution >= 0.6 is 11.6 Å². The van der Waals surface area contributed by atoms with Crippen LogP contribution in [-0.4, -0.2) is 87.6 Å². The van der Waals surface area contributed by atoms with E-state index in [1.165, 1.54) is 6.20 Å². The van der Waals surface area contributed by atoms with Crippen molar-refractivity contribution in [2.75, 3.05) is 50.9 Å². The van der Waals surface area contributed by atoms with Crippen LogP contribution in [-0.2, 0) is 10.8 Å². The molecule has 1 aromatic heterocycles. The van der Waals surface area contributed by atoms with Crippen molar-refractivity contribution < 1.29 is 13.7 Å². The van der Waals surface area contributed by atoms with Gasteiger partial charge in [-0.1, -0.05) is 43.7 Å². The highest BCUT2D eigenvalue weighted by Crippen LogP contribution is 2.39. The summed E-state index contributed by atoms with van der Waals surface area (Å²) in [6.07, 6.45) is 6.57. The van der Waals surface area contributed by atoms with Crippen molar-refractivity contribution >= 4 is 57.0 Å². The Morgan fingerprint density at radius 3 is 2.47 bits per heavy atom. The topological polar surface area (TPSA) is 112 Å². The van der Waals surface area contributed by atoms with Gasteiger partial charge in [-0.05, 0) is 75.6 Å². The molecule has 2 atom stereocenters. The third-order valence-corrected chi connectivity index (χ3v) is 10.4. The number of para-hydroxylation sites is 1. The number of ether oxygens (including phenoxy) is 1. The first-order chi connectivity index (χ1) is 22.5. The molecule has 3 N–H and O–H groups in total. The number of likely N-dealkylation sites (N-methyl/N-ethyl adjacent to an activating group) is 1. The second kappa shape index (κ2) is 15.6. The van der Waals surface area contributed by atoms with Crippen molar-refractivity contribution in [1.29, 1.82) is 0 Å². The molecule has 0 radical (unpaired) electrons. The molecule has 12 heteroatoms. The first kappa shape index (κ1) is 34.8. The Bertz CT molecular complexity index is 1640. The summed E-state index contributed by atoms with van der Waals surface area (Å²) in [7, 11) is 2.60. The van der Waals surface area contributed by atoms with Crippen LogP contribution in [0.4, 0.5) is 23.1 Å². The van der Waals surface area contributed by atoms with Crippen molar-refractivity contribution in [1.82, 2.24) is 25.1 Å². The van der Waals surface area contributed by atoms with E-state index in [-0.39, 0.29) is 23.2 Å². The Kier molecular flexibility index (Phi) is 11.5. The lowest BCUT2D eigenvalue weighted by Crippen LogP contribution is -2.49. The summed E-state index contributed by atoms with van der Waals surface area (Å²) in [5.41, 5.74) is 3.78. The fourth-order valence-electron chi connectivity index (χ4n) is 5.96. The highest BCUT2D eigenvalue weighted by molar-refractivity contribution is 7.85. The molecule has 2 unspecified atom stereocenters. The molecule has 2 aromatic carbocycles. The molecule has 1 saturated heterocycles. The van der Waals surface area contributed by atoms with Crippen molar-refractivity contribution in [3.63, 3.8) is 0 Å². The van der Waals surface area contributed by atoms with E-state index < -0.39 is 10.8 Å². The average molecular weight is 680 g/mol. The van der Waals surface area contributed by atoms with Crippen molar-refractivity contribution in [3.8, 4) is 5.75 Å². The summed E-state index contributed by atoms with van der Waals surface area (Å²) >= 11 is 6.52. The minimum Gasteiger partial charge on any atom is -0.489 e. The number of piperazine rings is 1. The molecule has 5 rings (SSSR count). The van der Waals surface area contributed by atoms with Crippen molar-refractivity contribution in [3.05, 3.63) is 64.8 Å². The van der Waals surface area contributed by atoms with Gasteiger partial charge in [0.1, 0.15) is 10.8 Å². The van der Waals surface area contributed by atoms with Crippen LogP contribution in [0.2, 0.25) is 5.02 Å². The minimum atomic E-state index is -1.22. The summed E-state index contributed by atoms with van der Waals surface area (Å²) in [5, 5.41) is 9.58. The summed E-state index contributed by atoms with van der Waals surface area (Å²) in [5.74, 6) is 1.02. The molecule has 2 aliphatic rings. The Balaban J connectivity index is 1.45. The molecular weight excluding hydrogens is 634 g/mol. The lowest BCUT2D eigenvalue weighted by atomic mass is 9.87. The van der Waals surface area contributed by atoms with Crippen LogP contribution in [0.25, 0.3) is 5.57 Å². The molecule has 1 aliphatic heterocycles. The van der Waals surface area contributed by atoms with Crippen LogP contribution < -0.4 is 20.7 Å². The van der Waals surface area contributed by atoms with E-state index in [0.29, 0.717) is 44.5 Å². The summed E-state index contributed by atoms with van der Waals surface area (Å²) in [6, 6.07) is 11.7. The predicted molar refractivity (Wildman–Crippen MR) is 192 cm³/mol. The first-order valence-electron chi connectivity index (χ1n) is 16.3. The zero-order valence-electron chi connectivity index (χ0n) is 28.1. The maximum atomic E-state index is 13.3. The molecule has 3 aromatic rings. The third-order valence-electron chi connectivity index (χ3n) is 8.51. The molecule has 1 fully saturated rings. The van der Waals surface area contributed by atoms with E-state index in [9.17, 15) is 9.00 Å². The van der Waals surface area contributed by atoms with Gasteiger partial charge in [0.15, 0.2) is 5.82 Å². The number of carbonyl (C=O) groups excluding carboxylic acids is 1. The van der Waals surface area contributed by atoms with Gasteiger partial charge in [-0.3, -0.25) is 13.9 Å². The van der Waals surface area contributed by atoms with Gasteiger partial charge in [0.05, 0.1) is 39.4 Å². The zero-order valence-corrected chi connectivity index (χ0v) is 29.7. The average Bonchev–Trinajstić information content (AvgIpc) is 3.06. The number of halogens is 1. The molecule has 10 nitrogen and oxygen atoms in total. The van der Waals surface area contributed by atoms with E-state index >= 15 is 0 Å². The van der Waals surface area contributed by atoms with Crippen molar-refractivity contribution in [2.24, 2.45) is 0 Å². The quantitative estimate of drug-likeness (QED) is 0.210. The van der Waals surface area contributed by atoms with Gasteiger partial charge >= 0.3 is 0 Å². The molecule has 1 aliphatic carbocycles. The van der Waals surface area contributed by atoms with Crippen LogP contribution in [0.15, 0.2) is 53.6 Å². The molecule has 1 amide bonds. The summed E-state index contributed by atoms with van der Waals surface area (Å²) in [6.45, 7) is 12.1. The van der Waals surface area contributed by atoms with Crippen LogP contribution in [0.1, 0.15) is 62.9 Å². The number of benzene rings is 2. The fourth-order valence-corrected chi connectivity index (χ4v) is 7.16. The number of rotatable bonds is 11. The Labute approximate surface area is 285 Å². The third kappa shape index (κ3) is 8.51. The Morgan fingerprint density at radius 1 is 1.06 bits per heavy atom. The highest BCUT2D eigenvalue weighted by atomic mass is 35.5. The van der Waals surface area contributed by atoms with E-state index in [0.717, 1.165) is 56.6 Å². The second-order valence-electron chi connectivity index (χ2n) is 12.6. The second-order valence-corrected chi connectivity index (χ2v) is 15.0. The summed E-state index contributed by atoms with van der Waals surface area (Å²) < 4.78 is 19.3. The number of hydrogen-bond donors (Lipinski definition) is 3. The molecule has 0 saturated carbocycles. The van der Waals surface area contributed by atoms with E-state index in [1.54, 1.807) is 7.05 Å². The van der Waals surface area contributed by atoms with Gasteiger partial charge in [0, 0.05) is 50.1 Å². The van der Waals surface area contributed by atoms with Gasteiger partial charge in [-0.15, -0.1) is 0 Å². The number of nitrogens with zero attached hydrogens (tertiary/aromatic N) is 4. The predicted octanol–water partition coefficient (Wildman–Crippen LogP) is 6.46. The van der Waals surface area contributed by atoms with Gasteiger partial charge in [0.25, 0.3) is 5.91 Å². The van der Waals surface area contributed by atoms with Crippen molar-refractivity contribution in [2.45, 2.75) is 69.2 Å². The lowest BCUT2D eigenvalue weighted by Gasteiger charge is -2.39. The minimum absolute atomic E-state index is 0.0596. The standard InChI is InChI=1S/C35H46ClN7O3S/c1-22(2)46-31-20-26(24-11-13-25(14-12-24)43-17-15-42(6)16-18-43)27(34(44)37-5)19-30(31)40-35-38-21-28(36)33(41-35)39-29-9-7-8-10-32(29)47(45)23(3)4/h7-11,19-23,25H,12-18H2,1-6H3,(H,37,44)(H2,38,39,40,41). The van der Waals surface area contributed by atoms with Gasteiger partial charge in [0.2, 0.25) is 5.95 Å². The normalized spacial score (nSPS) is 18.1.